The Hall–Kier alpha value is -3.49. The summed E-state index contributed by atoms with van der Waals surface area (Å²) in [7, 11) is -1.93. The quantitative estimate of drug-likeness (QED) is 0.463. The van der Waals surface area contributed by atoms with Crippen LogP contribution in [0, 0.1) is 0 Å². The van der Waals surface area contributed by atoms with E-state index < -0.39 is 10.0 Å². The number of hydrogen-bond acceptors (Lipinski definition) is 5. The Labute approximate surface area is 180 Å². The molecule has 0 saturated carbocycles. The van der Waals surface area contributed by atoms with Crippen molar-refractivity contribution in [2.75, 3.05) is 7.05 Å². The van der Waals surface area contributed by atoms with Gasteiger partial charge in [0.05, 0.1) is 11.1 Å². The van der Waals surface area contributed by atoms with Crippen molar-refractivity contribution in [2.45, 2.75) is 12.3 Å². The van der Waals surface area contributed by atoms with Crippen molar-refractivity contribution in [1.29, 1.82) is 0 Å². The topological polar surface area (TPSA) is 101 Å². The molecule has 0 fully saturated rings. The maximum Gasteiger partial charge on any atom is 0.251 e. The van der Waals surface area contributed by atoms with Crippen LogP contribution in [0.3, 0.4) is 0 Å². The molecule has 8 heteroatoms. The van der Waals surface area contributed by atoms with E-state index in [1.54, 1.807) is 42.5 Å². The summed E-state index contributed by atoms with van der Waals surface area (Å²) in [6.45, 7) is 0.325. The highest BCUT2D eigenvalue weighted by atomic mass is 32.2. The van der Waals surface area contributed by atoms with Gasteiger partial charge in [0.15, 0.2) is 5.76 Å². The smallest absolute Gasteiger partial charge is 0.251 e. The lowest BCUT2D eigenvalue weighted by molar-refractivity contribution is 0.0951. The maximum atomic E-state index is 12.7. The van der Waals surface area contributed by atoms with Crippen molar-refractivity contribution in [3.05, 3.63) is 89.5 Å². The van der Waals surface area contributed by atoms with E-state index in [4.69, 9.17) is 4.52 Å². The molecule has 7 nitrogen and oxygen atoms in total. The molecule has 4 rings (SSSR count). The largest absolute Gasteiger partial charge is 0.355 e. The van der Waals surface area contributed by atoms with Crippen LogP contribution in [-0.2, 0) is 22.3 Å². The van der Waals surface area contributed by atoms with Crippen LogP contribution in [0.25, 0.3) is 22.2 Å². The third-order valence-corrected chi connectivity index (χ3v) is 6.25. The van der Waals surface area contributed by atoms with Gasteiger partial charge >= 0.3 is 0 Å². The normalized spacial score (nSPS) is 11.5. The van der Waals surface area contributed by atoms with Gasteiger partial charge in [0.2, 0.25) is 10.0 Å². The van der Waals surface area contributed by atoms with Crippen molar-refractivity contribution in [1.82, 2.24) is 15.2 Å². The van der Waals surface area contributed by atoms with E-state index in [9.17, 15) is 13.2 Å². The molecule has 0 aliphatic rings. The zero-order chi connectivity index (χ0) is 21.8. The van der Waals surface area contributed by atoms with Gasteiger partial charge in [0.1, 0.15) is 5.52 Å². The second-order valence-corrected chi connectivity index (χ2v) is 9.00. The van der Waals surface area contributed by atoms with Crippen LogP contribution in [0.5, 0.6) is 0 Å². The Kier molecular flexibility index (Phi) is 5.83. The number of rotatable bonds is 7. The molecule has 0 unspecified atom stereocenters. The highest BCUT2D eigenvalue weighted by molar-refractivity contribution is 7.88. The Morgan fingerprint density at radius 1 is 0.968 bits per heavy atom. The fraction of sp³-hybridized carbons (Fsp3) is 0.130. The Morgan fingerprint density at radius 2 is 1.68 bits per heavy atom. The van der Waals surface area contributed by atoms with Gasteiger partial charge < -0.3 is 9.84 Å². The Morgan fingerprint density at radius 3 is 2.39 bits per heavy atom. The number of fused-ring (bicyclic) bond motifs is 1. The van der Waals surface area contributed by atoms with Crippen molar-refractivity contribution in [3.8, 4) is 11.3 Å². The first-order valence-corrected chi connectivity index (χ1v) is 11.3. The molecule has 0 radical (unpaired) electrons. The maximum absolute atomic E-state index is 12.7. The summed E-state index contributed by atoms with van der Waals surface area (Å²) in [4.78, 5) is 12.7. The van der Waals surface area contributed by atoms with Crippen molar-refractivity contribution in [3.63, 3.8) is 0 Å². The summed E-state index contributed by atoms with van der Waals surface area (Å²) < 4.78 is 31.1. The van der Waals surface area contributed by atoms with E-state index in [0.717, 1.165) is 16.5 Å². The first-order chi connectivity index (χ1) is 14.9. The summed E-state index contributed by atoms with van der Waals surface area (Å²) in [6.07, 6.45) is 0. The number of amides is 1. The zero-order valence-electron chi connectivity index (χ0n) is 16.8. The molecule has 0 aliphatic heterocycles. The molecule has 1 aromatic heterocycles. The van der Waals surface area contributed by atoms with Crippen molar-refractivity contribution >= 4 is 26.8 Å². The highest BCUT2D eigenvalue weighted by Gasteiger charge is 2.14. The number of aromatic nitrogens is 1. The molecule has 0 bridgehead atoms. The lowest BCUT2D eigenvalue weighted by Crippen LogP contribution is -2.23. The van der Waals surface area contributed by atoms with Gasteiger partial charge in [-0.3, -0.25) is 4.79 Å². The average Bonchev–Trinajstić information content (AvgIpc) is 3.22. The molecule has 1 amide bonds. The number of carbonyl (C=O) groups excluding carboxylic acids is 1. The minimum atomic E-state index is -3.32. The Bertz CT molecular complexity index is 1310. The molecule has 4 aromatic rings. The molecule has 158 valence electrons. The monoisotopic (exact) mass is 435 g/mol. The predicted molar refractivity (Wildman–Crippen MR) is 119 cm³/mol. The number of nitrogens with one attached hydrogen (secondary N) is 2. The summed E-state index contributed by atoms with van der Waals surface area (Å²) in [5.41, 5.74) is 3.63. The van der Waals surface area contributed by atoms with Gasteiger partial charge in [0.25, 0.3) is 5.91 Å². The van der Waals surface area contributed by atoms with E-state index in [1.165, 1.54) is 7.05 Å². The van der Waals surface area contributed by atoms with Gasteiger partial charge in [0, 0.05) is 17.7 Å². The van der Waals surface area contributed by atoms with Crippen molar-refractivity contribution in [2.24, 2.45) is 0 Å². The van der Waals surface area contributed by atoms with Gasteiger partial charge in [-0.2, -0.15) is 0 Å². The standard InChI is InChI=1S/C23H21N3O4S/c1-24-31(28,29)15-17-9-7-16(8-10-17)14-25-23(27)19-11-12-21-20(13-19)22(30-26-21)18-5-3-2-4-6-18/h2-13,24H,14-15H2,1H3,(H,25,27). The second-order valence-electron chi connectivity index (χ2n) is 7.07. The summed E-state index contributed by atoms with van der Waals surface area (Å²) in [5, 5.41) is 7.74. The van der Waals surface area contributed by atoms with E-state index in [1.807, 2.05) is 30.3 Å². The predicted octanol–water partition coefficient (Wildman–Crippen LogP) is 3.47. The summed E-state index contributed by atoms with van der Waals surface area (Å²) in [6, 6.07) is 21.9. The molecule has 0 aliphatic carbocycles. The molecule has 2 N–H and O–H groups in total. The lowest BCUT2D eigenvalue weighted by Gasteiger charge is -2.07. The fourth-order valence-corrected chi connectivity index (χ4v) is 3.99. The summed E-state index contributed by atoms with van der Waals surface area (Å²) in [5.74, 6) is 0.319. The van der Waals surface area contributed by atoms with Crippen LogP contribution >= 0.6 is 0 Å². The highest BCUT2D eigenvalue weighted by Crippen LogP contribution is 2.29. The number of nitrogens with zero attached hydrogens (tertiary/aromatic N) is 1. The Balaban J connectivity index is 1.46. The van der Waals surface area contributed by atoms with Gasteiger partial charge in [-0.15, -0.1) is 0 Å². The van der Waals surface area contributed by atoms with E-state index >= 15 is 0 Å². The SMILES string of the molecule is CNS(=O)(=O)Cc1ccc(CNC(=O)c2ccc3noc(-c4ccccc4)c3c2)cc1. The number of carbonyl (C=O) groups is 1. The molecule has 31 heavy (non-hydrogen) atoms. The molecule has 0 spiro atoms. The van der Waals surface area contributed by atoms with Crippen molar-refractivity contribution < 1.29 is 17.7 Å². The lowest BCUT2D eigenvalue weighted by atomic mass is 10.1. The van der Waals surface area contributed by atoms with Gasteiger partial charge in [-0.05, 0) is 36.4 Å². The molecular formula is C23H21N3O4S. The van der Waals surface area contributed by atoms with Crippen LogP contribution in [-0.4, -0.2) is 26.5 Å². The first-order valence-electron chi connectivity index (χ1n) is 9.67. The molecule has 0 atom stereocenters. The molecule has 3 aromatic carbocycles. The number of hydrogen-bond donors (Lipinski definition) is 2. The zero-order valence-corrected chi connectivity index (χ0v) is 17.6. The van der Waals surface area contributed by atoms with Gasteiger partial charge in [-0.25, -0.2) is 13.1 Å². The van der Waals surface area contributed by atoms with Crippen LogP contribution in [0.15, 0.2) is 77.3 Å². The van der Waals surface area contributed by atoms with Crippen LogP contribution in [0.2, 0.25) is 0 Å². The number of benzene rings is 3. The van der Waals surface area contributed by atoms with Crippen LogP contribution in [0.1, 0.15) is 21.5 Å². The molecule has 1 heterocycles. The van der Waals surface area contributed by atoms with E-state index in [0.29, 0.717) is 28.9 Å². The minimum Gasteiger partial charge on any atom is -0.355 e. The van der Waals surface area contributed by atoms with E-state index in [2.05, 4.69) is 15.2 Å². The minimum absolute atomic E-state index is 0.0847. The van der Waals surface area contributed by atoms with Crippen LogP contribution in [0.4, 0.5) is 0 Å². The fourth-order valence-electron chi connectivity index (χ4n) is 3.21. The second kappa shape index (κ2) is 8.71. The third kappa shape index (κ3) is 4.82. The van der Waals surface area contributed by atoms with Crippen LogP contribution < -0.4 is 10.0 Å². The average molecular weight is 436 g/mol. The van der Waals surface area contributed by atoms with E-state index in [-0.39, 0.29) is 11.7 Å². The third-order valence-electron chi connectivity index (χ3n) is 4.92. The molecule has 0 saturated heterocycles. The summed E-state index contributed by atoms with van der Waals surface area (Å²) >= 11 is 0. The first kappa shape index (κ1) is 20.8. The molecular weight excluding hydrogens is 414 g/mol. The number of sulfonamides is 1. The van der Waals surface area contributed by atoms with Gasteiger partial charge in [-0.1, -0.05) is 59.8 Å².